The van der Waals surface area contributed by atoms with Gasteiger partial charge in [0.1, 0.15) is 12.6 Å². The molecule has 1 saturated heterocycles. The zero-order valence-electron chi connectivity index (χ0n) is 8.98. The lowest BCUT2D eigenvalue weighted by Gasteiger charge is -2.22. The molecule has 2 N–H and O–H groups in total. The summed E-state index contributed by atoms with van der Waals surface area (Å²) in [5.41, 5.74) is 0.951. The van der Waals surface area contributed by atoms with Crippen molar-refractivity contribution in [2.24, 2.45) is 0 Å². The van der Waals surface area contributed by atoms with Crippen LogP contribution in [0.2, 0.25) is 0 Å². The second-order valence-electron chi connectivity index (χ2n) is 3.67. The fraction of sp³-hybridized carbons (Fsp3) is 0.455. The summed E-state index contributed by atoms with van der Waals surface area (Å²) in [6.45, 7) is 2.64. The molecule has 0 aliphatic carbocycles. The van der Waals surface area contributed by atoms with E-state index in [1.807, 2.05) is 12.1 Å². The van der Waals surface area contributed by atoms with E-state index in [1.54, 1.807) is 12.4 Å². The number of esters is 1. The Morgan fingerprint density at radius 1 is 1.44 bits per heavy atom. The van der Waals surface area contributed by atoms with E-state index in [9.17, 15) is 4.79 Å². The summed E-state index contributed by atoms with van der Waals surface area (Å²) in [6, 6.07) is 3.44. The summed E-state index contributed by atoms with van der Waals surface area (Å²) in [6.07, 6.45) is 3.37. The van der Waals surface area contributed by atoms with Gasteiger partial charge in [-0.1, -0.05) is 0 Å². The van der Waals surface area contributed by atoms with Gasteiger partial charge in [0.05, 0.1) is 0 Å². The lowest BCUT2D eigenvalue weighted by atomic mass is 10.2. The standard InChI is InChI=1S/C11H15N3O2/c15-11(10-7-13-5-6-14-10)16-8-9-1-3-12-4-2-9/h1-4,10,13-14H,5-8H2. The highest BCUT2D eigenvalue weighted by atomic mass is 16.5. The van der Waals surface area contributed by atoms with E-state index < -0.39 is 0 Å². The number of rotatable bonds is 3. The number of pyridine rings is 1. The van der Waals surface area contributed by atoms with Crippen LogP contribution in [0.4, 0.5) is 0 Å². The van der Waals surface area contributed by atoms with E-state index >= 15 is 0 Å². The minimum Gasteiger partial charge on any atom is -0.460 e. The van der Waals surface area contributed by atoms with Gasteiger partial charge in [-0.25, -0.2) is 0 Å². The van der Waals surface area contributed by atoms with Crippen LogP contribution < -0.4 is 10.6 Å². The number of carbonyl (C=O) groups excluding carboxylic acids is 1. The van der Waals surface area contributed by atoms with Crippen molar-refractivity contribution in [1.29, 1.82) is 0 Å². The molecule has 1 aliphatic rings. The Labute approximate surface area is 94.2 Å². The second kappa shape index (κ2) is 5.58. The van der Waals surface area contributed by atoms with Gasteiger partial charge in [0.2, 0.25) is 0 Å². The molecule has 0 radical (unpaired) electrons. The number of hydrogen-bond donors (Lipinski definition) is 2. The Hall–Kier alpha value is -1.46. The molecule has 0 amide bonds. The highest BCUT2D eigenvalue weighted by Crippen LogP contribution is 2.01. The monoisotopic (exact) mass is 221 g/mol. The quantitative estimate of drug-likeness (QED) is 0.685. The molecule has 0 aromatic carbocycles. The van der Waals surface area contributed by atoms with Crippen LogP contribution in [-0.4, -0.2) is 36.6 Å². The van der Waals surface area contributed by atoms with Gasteiger partial charge in [-0.15, -0.1) is 0 Å². The van der Waals surface area contributed by atoms with Gasteiger partial charge in [-0.05, 0) is 17.7 Å². The first-order chi connectivity index (χ1) is 7.86. The first kappa shape index (κ1) is 11.0. The number of piperazine rings is 1. The van der Waals surface area contributed by atoms with Gasteiger partial charge in [-0.2, -0.15) is 0 Å². The Kier molecular flexibility index (Phi) is 3.85. The lowest BCUT2D eigenvalue weighted by Crippen LogP contribution is -2.52. The molecule has 1 aromatic rings. The largest absolute Gasteiger partial charge is 0.460 e. The summed E-state index contributed by atoms with van der Waals surface area (Å²) < 4.78 is 5.20. The molecule has 5 heteroatoms. The summed E-state index contributed by atoms with van der Waals surface area (Å²) in [7, 11) is 0. The van der Waals surface area contributed by atoms with Gasteiger partial charge in [-0.3, -0.25) is 9.78 Å². The van der Waals surface area contributed by atoms with Crippen LogP contribution in [0.25, 0.3) is 0 Å². The third-order valence-corrected chi connectivity index (χ3v) is 2.46. The Bertz CT molecular complexity index is 336. The molecule has 2 rings (SSSR count). The molecule has 2 heterocycles. The van der Waals surface area contributed by atoms with Crippen molar-refractivity contribution in [3.05, 3.63) is 30.1 Å². The van der Waals surface area contributed by atoms with Crippen molar-refractivity contribution in [3.8, 4) is 0 Å². The van der Waals surface area contributed by atoms with E-state index in [-0.39, 0.29) is 12.0 Å². The van der Waals surface area contributed by atoms with Crippen molar-refractivity contribution in [2.45, 2.75) is 12.6 Å². The highest BCUT2D eigenvalue weighted by Gasteiger charge is 2.21. The summed E-state index contributed by atoms with van der Waals surface area (Å²) in [5, 5.41) is 6.25. The van der Waals surface area contributed by atoms with Crippen molar-refractivity contribution in [3.63, 3.8) is 0 Å². The highest BCUT2D eigenvalue weighted by molar-refractivity contribution is 5.76. The van der Waals surface area contributed by atoms with Crippen molar-refractivity contribution in [2.75, 3.05) is 19.6 Å². The van der Waals surface area contributed by atoms with Crippen molar-refractivity contribution >= 4 is 5.97 Å². The molecule has 16 heavy (non-hydrogen) atoms. The average Bonchev–Trinajstić information content (AvgIpc) is 2.38. The summed E-state index contributed by atoms with van der Waals surface area (Å²) in [4.78, 5) is 15.5. The van der Waals surface area contributed by atoms with Gasteiger partial charge >= 0.3 is 5.97 Å². The van der Waals surface area contributed by atoms with Crippen LogP contribution in [0.15, 0.2) is 24.5 Å². The maximum absolute atomic E-state index is 11.6. The molecular weight excluding hydrogens is 206 g/mol. The molecule has 1 unspecified atom stereocenters. The molecule has 0 bridgehead atoms. The predicted molar refractivity (Wildman–Crippen MR) is 58.7 cm³/mol. The number of carbonyl (C=O) groups is 1. The molecule has 1 fully saturated rings. The van der Waals surface area contributed by atoms with E-state index in [1.165, 1.54) is 0 Å². The van der Waals surface area contributed by atoms with Crippen LogP contribution in [0.5, 0.6) is 0 Å². The normalized spacial score (nSPS) is 20.4. The number of aromatic nitrogens is 1. The predicted octanol–water partition coefficient (Wildman–Crippen LogP) is -0.314. The van der Waals surface area contributed by atoms with E-state index in [4.69, 9.17) is 4.74 Å². The Morgan fingerprint density at radius 2 is 2.25 bits per heavy atom. The first-order valence-corrected chi connectivity index (χ1v) is 5.36. The molecule has 0 spiro atoms. The Balaban J connectivity index is 1.79. The SMILES string of the molecule is O=C(OCc1ccncc1)C1CNCCN1. The molecule has 1 aliphatic heterocycles. The number of ether oxygens (including phenoxy) is 1. The van der Waals surface area contributed by atoms with Crippen LogP contribution in [0, 0.1) is 0 Å². The van der Waals surface area contributed by atoms with Gasteiger partial charge < -0.3 is 15.4 Å². The number of hydrogen-bond acceptors (Lipinski definition) is 5. The maximum atomic E-state index is 11.6. The molecule has 5 nitrogen and oxygen atoms in total. The van der Waals surface area contributed by atoms with Crippen LogP contribution in [0.1, 0.15) is 5.56 Å². The van der Waals surface area contributed by atoms with E-state index in [0.717, 1.165) is 18.7 Å². The smallest absolute Gasteiger partial charge is 0.324 e. The minimum atomic E-state index is -0.226. The van der Waals surface area contributed by atoms with Crippen LogP contribution in [0.3, 0.4) is 0 Å². The summed E-state index contributed by atoms with van der Waals surface area (Å²) >= 11 is 0. The second-order valence-corrected chi connectivity index (χ2v) is 3.67. The van der Waals surface area contributed by atoms with E-state index in [2.05, 4.69) is 15.6 Å². The topological polar surface area (TPSA) is 63.2 Å². The van der Waals surface area contributed by atoms with Gasteiger partial charge in [0.15, 0.2) is 0 Å². The van der Waals surface area contributed by atoms with Crippen LogP contribution in [-0.2, 0) is 16.1 Å². The summed E-state index contributed by atoms with van der Waals surface area (Å²) in [5.74, 6) is -0.205. The third-order valence-electron chi connectivity index (χ3n) is 2.46. The molecule has 1 aromatic heterocycles. The van der Waals surface area contributed by atoms with Crippen molar-refractivity contribution in [1.82, 2.24) is 15.6 Å². The Morgan fingerprint density at radius 3 is 2.94 bits per heavy atom. The third kappa shape index (κ3) is 3.01. The minimum absolute atomic E-state index is 0.205. The fourth-order valence-corrected chi connectivity index (χ4v) is 1.55. The zero-order valence-corrected chi connectivity index (χ0v) is 8.98. The van der Waals surface area contributed by atoms with Crippen molar-refractivity contribution < 1.29 is 9.53 Å². The first-order valence-electron chi connectivity index (χ1n) is 5.36. The molecule has 86 valence electrons. The maximum Gasteiger partial charge on any atom is 0.324 e. The van der Waals surface area contributed by atoms with Gasteiger partial charge in [0.25, 0.3) is 0 Å². The molecule has 0 saturated carbocycles. The fourth-order valence-electron chi connectivity index (χ4n) is 1.55. The number of nitrogens with one attached hydrogen (secondary N) is 2. The van der Waals surface area contributed by atoms with Gasteiger partial charge in [0, 0.05) is 32.0 Å². The van der Waals surface area contributed by atoms with E-state index in [0.29, 0.717) is 13.2 Å². The number of nitrogens with zero attached hydrogens (tertiary/aromatic N) is 1. The molecular formula is C11H15N3O2. The molecule has 1 atom stereocenters. The zero-order chi connectivity index (χ0) is 11.2. The van der Waals surface area contributed by atoms with Crippen LogP contribution >= 0.6 is 0 Å². The lowest BCUT2D eigenvalue weighted by molar-refractivity contribution is -0.147. The average molecular weight is 221 g/mol.